The highest BCUT2D eigenvalue weighted by Gasteiger charge is 2.09. The maximum atomic E-state index is 11.2. The van der Waals surface area contributed by atoms with E-state index in [-0.39, 0.29) is 5.91 Å². The summed E-state index contributed by atoms with van der Waals surface area (Å²) in [6.45, 7) is 1.57. The number of carbonyl (C=O) groups is 1. The van der Waals surface area contributed by atoms with Crippen molar-refractivity contribution in [2.75, 3.05) is 5.32 Å². The van der Waals surface area contributed by atoms with Gasteiger partial charge in [-0.05, 0) is 25.1 Å². The summed E-state index contributed by atoms with van der Waals surface area (Å²) in [5.74, 6) is -0.308. The van der Waals surface area contributed by atoms with E-state index in [1.807, 2.05) is 6.07 Å². The van der Waals surface area contributed by atoms with Crippen LogP contribution in [-0.4, -0.2) is 11.3 Å². The zero-order valence-electron chi connectivity index (χ0n) is 7.92. The minimum atomic E-state index is -0.612. The Kier molecular flexibility index (Phi) is 3.96. The number of nitriles is 1. The standard InChI is InChI=1S/C10H8Cl2N2O/c1-6(11)10(15)14-8-3-2-7(5-13)9(12)4-8/h2-4,6H,1H3,(H,14,15)/t6-/m0/s1. The average molecular weight is 243 g/mol. The summed E-state index contributed by atoms with van der Waals surface area (Å²) < 4.78 is 0. The van der Waals surface area contributed by atoms with Gasteiger partial charge >= 0.3 is 0 Å². The number of rotatable bonds is 2. The van der Waals surface area contributed by atoms with Gasteiger partial charge in [-0.25, -0.2) is 0 Å². The lowest BCUT2D eigenvalue weighted by Crippen LogP contribution is -2.20. The van der Waals surface area contributed by atoms with E-state index < -0.39 is 5.38 Å². The van der Waals surface area contributed by atoms with Crippen LogP contribution >= 0.6 is 23.2 Å². The van der Waals surface area contributed by atoms with Crippen LogP contribution in [-0.2, 0) is 4.79 Å². The normalized spacial score (nSPS) is 11.6. The van der Waals surface area contributed by atoms with E-state index in [4.69, 9.17) is 28.5 Å². The number of hydrogen-bond acceptors (Lipinski definition) is 2. The molecule has 1 aromatic carbocycles. The Morgan fingerprint density at radius 3 is 2.73 bits per heavy atom. The predicted molar refractivity (Wildman–Crippen MR) is 60.1 cm³/mol. The summed E-state index contributed by atoms with van der Waals surface area (Å²) in [6.07, 6.45) is 0. The molecule has 0 spiro atoms. The van der Waals surface area contributed by atoms with Gasteiger partial charge in [0.15, 0.2) is 0 Å². The fourth-order valence-corrected chi connectivity index (χ4v) is 1.20. The van der Waals surface area contributed by atoms with Crippen molar-refractivity contribution in [2.45, 2.75) is 12.3 Å². The molecule has 0 heterocycles. The number of anilines is 1. The molecule has 1 atom stereocenters. The fourth-order valence-electron chi connectivity index (χ4n) is 0.925. The van der Waals surface area contributed by atoms with Gasteiger partial charge in [0.05, 0.1) is 10.6 Å². The van der Waals surface area contributed by atoms with Crippen molar-refractivity contribution in [1.29, 1.82) is 5.26 Å². The summed E-state index contributed by atoms with van der Waals surface area (Å²) in [7, 11) is 0. The summed E-state index contributed by atoms with van der Waals surface area (Å²) >= 11 is 11.4. The number of halogens is 2. The molecule has 1 rings (SSSR count). The number of nitrogens with one attached hydrogen (secondary N) is 1. The van der Waals surface area contributed by atoms with Crippen LogP contribution in [0, 0.1) is 11.3 Å². The van der Waals surface area contributed by atoms with Crippen molar-refractivity contribution in [1.82, 2.24) is 0 Å². The van der Waals surface area contributed by atoms with Crippen molar-refractivity contribution in [3.8, 4) is 6.07 Å². The zero-order chi connectivity index (χ0) is 11.4. The van der Waals surface area contributed by atoms with Crippen LogP contribution in [0.1, 0.15) is 12.5 Å². The van der Waals surface area contributed by atoms with Crippen LogP contribution < -0.4 is 5.32 Å². The van der Waals surface area contributed by atoms with Crippen LogP contribution in [0.4, 0.5) is 5.69 Å². The highest BCUT2D eigenvalue weighted by atomic mass is 35.5. The summed E-state index contributed by atoms with van der Waals surface area (Å²) in [5, 5.41) is 10.9. The largest absolute Gasteiger partial charge is 0.325 e. The summed E-state index contributed by atoms with van der Waals surface area (Å²) in [5.41, 5.74) is 0.894. The molecule has 15 heavy (non-hydrogen) atoms. The van der Waals surface area contributed by atoms with Gasteiger partial charge in [0.25, 0.3) is 0 Å². The molecule has 0 bridgehead atoms. The second kappa shape index (κ2) is 5.01. The average Bonchev–Trinajstić information content (AvgIpc) is 2.18. The monoisotopic (exact) mass is 242 g/mol. The Morgan fingerprint density at radius 1 is 1.60 bits per heavy atom. The molecule has 1 aromatic rings. The molecular formula is C10H8Cl2N2O. The molecule has 5 heteroatoms. The first-order chi connectivity index (χ1) is 7.04. The number of hydrogen-bond donors (Lipinski definition) is 1. The SMILES string of the molecule is C[C@H](Cl)C(=O)Nc1ccc(C#N)c(Cl)c1. The minimum Gasteiger partial charge on any atom is -0.325 e. The van der Waals surface area contributed by atoms with Crippen LogP contribution in [0.3, 0.4) is 0 Å². The number of amides is 1. The predicted octanol–water partition coefficient (Wildman–Crippen LogP) is 2.78. The minimum absolute atomic E-state index is 0.303. The first-order valence-electron chi connectivity index (χ1n) is 4.19. The third-order valence-corrected chi connectivity index (χ3v) is 2.23. The lowest BCUT2D eigenvalue weighted by Gasteiger charge is -2.06. The zero-order valence-corrected chi connectivity index (χ0v) is 9.43. The maximum Gasteiger partial charge on any atom is 0.242 e. The first kappa shape index (κ1) is 11.8. The van der Waals surface area contributed by atoms with Crippen molar-refractivity contribution in [3.05, 3.63) is 28.8 Å². The molecule has 78 valence electrons. The molecule has 1 N–H and O–H groups in total. The Hall–Kier alpha value is -1.24. The lowest BCUT2D eigenvalue weighted by atomic mass is 10.2. The Balaban J connectivity index is 2.86. The van der Waals surface area contributed by atoms with Crippen molar-refractivity contribution in [2.24, 2.45) is 0 Å². The molecule has 0 aliphatic carbocycles. The van der Waals surface area contributed by atoms with E-state index in [9.17, 15) is 4.79 Å². The summed E-state index contributed by atoms with van der Waals surface area (Å²) in [6, 6.07) is 6.58. The molecule has 0 aliphatic rings. The van der Waals surface area contributed by atoms with E-state index in [0.29, 0.717) is 16.3 Å². The fraction of sp³-hybridized carbons (Fsp3) is 0.200. The van der Waals surface area contributed by atoms with E-state index in [2.05, 4.69) is 5.32 Å². The van der Waals surface area contributed by atoms with Crippen molar-refractivity contribution in [3.63, 3.8) is 0 Å². The van der Waals surface area contributed by atoms with Gasteiger partial charge in [-0.15, -0.1) is 11.6 Å². The lowest BCUT2D eigenvalue weighted by molar-refractivity contribution is -0.115. The molecule has 1 amide bonds. The molecular weight excluding hydrogens is 235 g/mol. The Labute approximate surface area is 97.6 Å². The van der Waals surface area contributed by atoms with Crippen LogP contribution in [0.5, 0.6) is 0 Å². The van der Waals surface area contributed by atoms with E-state index in [0.717, 1.165) is 0 Å². The topological polar surface area (TPSA) is 52.9 Å². The Morgan fingerprint density at radius 2 is 2.27 bits per heavy atom. The van der Waals surface area contributed by atoms with Gasteiger partial charge in [-0.2, -0.15) is 5.26 Å². The number of benzene rings is 1. The van der Waals surface area contributed by atoms with Gasteiger partial charge in [-0.1, -0.05) is 11.6 Å². The number of carbonyl (C=O) groups excluding carboxylic acids is 1. The smallest absolute Gasteiger partial charge is 0.242 e. The number of alkyl halides is 1. The van der Waals surface area contributed by atoms with Crippen LogP contribution in [0.25, 0.3) is 0 Å². The highest BCUT2D eigenvalue weighted by molar-refractivity contribution is 6.33. The van der Waals surface area contributed by atoms with E-state index >= 15 is 0 Å². The van der Waals surface area contributed by atoms with Gasteiger partial charge in [-0.3, -0.25) is 4.79 Å². The molecule has 0 fully saturated rings. The maximum absolute atomic E-state index is 11.2. The number of nitrogens with zero attached hydrogens (tertiary/aromatic N) is 1. The highest BCUT2D eigenvalue weighted by Crippen LogP contribution is 2.20. The van der Waals surface area contributed by atoms with Gasteiger partial charge in [0, 0.05) is 5.69 Å². The first-order valence-corrected chi connectivity index (χ1v) is 5.00. The van der Waals surface area contributed by atoms with Crippen LogP contribution in [0.15, 0.2) is 18.2 Å². The van der Waals surface area contributed by atoms with Crippen LogP contribution in [0.2, 0.25) is 5.02 Å². The third-order valence-electron chi connectivity index (χ3n) is 1.72. The second-order valence-electron chi connectivity index (χ2n) is 2.91. The van der Waals surface area contributed by atoms with Crippen molar-refractivity contribution >= 4 is 34.8 Å². The molecule has 0 saturated heterocycles. The van der Waals surface area contributed by atoms with Crippen molar-refractivity contribution < 1.29 is 4.79 Å². The molecule has 0 aliphatic heterocycles. The van der Waals surface area contributed by atoms with Gasteiger partial charge in [0.1, 0.15) is 11.4 Å². The third kappa shape index (κ3) is 3.12. The molecule has 0 saturated carbocycles. The molecule has 3 nitrogen and oxygen atoms in total. The summed E-state index contributed by atoms with van der Waals surface area (Å²) in [4.78, 5) is 11.2. The molecule has 0 unspecified atom stereocenters. The van der Waals surface area contributed by atoms with Gasteiger partial charge in [0.2, 0.25) is 5.91 Å². The van der Waals surface area contributed by atoms with E-state index in [1.165, 1.54) is 12.1 Å². The molecule has 0 radical (unpaired) electrons. The molecule has 0 aromatic heterocycles. The Bertz CT molecular complexity index is 424. The van der Waals surface area contributed by atoms with E-state index in [1.54, 1.807) is 13.0 Å². The quantitative estimate of drug-likeness (QED) is 0.812. The second-order valence-corrected chi connectivity index (χ2v) is 3.97. The van der Waals surface area contributed by atoms with Gasteiger partial charge < -0.3 is 5.32 Å².